The molecule has 1 aliphatic heterocycles. The topological polar surface area (TPSA) is 149 Å². The molecule has 62 heavy (non-hydrogen) atoms. The van der Waals surface area contributed by atoms with Gasteiger partial charge < -0.3 is 40.3 Å². The zero-order valence-corrected chi connectivity index (χ0v) is 40.1. The number of carbonyl (C=O) groups excluding carboxylic acids is 1. The van der Waals surface area contributed by atoms with Crippen LogP contribution in [0.2, 0.25) is 0 Å². The number of amides is 1. The van der Waals surface area contributed by atoms with Gasteiger partial charge in [0.1, 0.15) is 24.4 Å². The number of allylic oxidation sites excluding steroid dienone is 5. The van der Waals surface area contributed by atoms with Crippen LogP contribution >= 0.6 is 0 Å². The van der Waals surface area contributed by atoms with E-state index in [0.717, 1.165) is 51.4 Å². The summed E-state index contributed by atoms with van der Waals surface area (Å²) >= 11 is 0. The van der Waals surface area contributed by atoms with Crippen LogP contribution in [0.3, 0.4) is 0 Å². The fraction of sp³-hybridized carbons (Fsp3) is 0.868. The minimum absolute atomic E-state index is 0.188. The summed E-state index contributed by atoms with van der Waals surface area (Å²) in [7, 11) is 0. The Labute approximate surface area is 381 Å². The van der Waals surface area contributed by atoms with Crippen molar-refractivity contribution in [2.24, 2.45) is 0 Å². The van der Waals surface area contributed by atoms with Gasteiger partial charge in [-0.1, -0.05) is 224 Å². The normalized spacial score (nSPS) is 20.5. The molecule has 7 unspecified atom stereocenters. The van der Waals surface area contributed by atoms with Gasteiger partial charge in [-0.2, -0.15) is 0 Å². The van der Waals surface area contributed by atoms with Crippen molar-refractivity contribution < 1.29 is 39.8 Å². The number of aliphatic hydroxyl groups excluding tert-OH is 5. The Kier molecular flexibility index (Phi) is 40.8. The van der Waals surface area contributed by atoms with E-state index in [2.05, 4.69) is 43.5 Å². The lowest BCUT2D eigenvalue weighted by Gasteiger charge is -2.40. The Bertz CT molecular complexity index is 1070. The van der Waals surface area contributed by atoms with Crippen molar-refractivity contribution >= 4 is 5.91 Å². The van der Waals surface area contributed by atoms with Gasteiger partial charge >= 0.3 is 0 Å². The first-order valence-corrected chi connectivity index (χ1v) is 26.2. The summed E-state index contributed by atoms with van der Waals surface area (Å²) in [6.45, 7) is 3.76. The van der Waals surface area contributed by atoms with E-state index >= 15 is 0 Å². The van der Waals surface area contributed by atoms with E-state index in [1.54, 1.807) is 6.08 Å². The summed E-state index contributed by atoms with van der Waals surface area (Å²) in [6.07, 6.45) is 47.7. The average molecular weight is 878 g/mol. The third kappa shape index (κ3) is 33.0. The van der Waals surface area contributed by atoms with E-state index in [9.17, 15) is 30.3 Å². The molecule has 1 saturated heterocycles. The number of carbonyl (C=O) groups is 1. The molecule has 1 aliphatic rings. The number of aliphatic hydroxyl groups is 5. The molecule has 1 amide bonds. The quantitative estimate of drug-likeness (QED) is 0.0262. The lowest BCUT2D eigenvalue weighted by atomic mass is 9.99. The second-order valence-corrected chi connectivity index (χ2v) is 18.3. The van der Waals surface area contributed by atoms with E-state index < -0.39 is 49.5 Å². The first-order chi connectivity index (χ1) is 30.3. The van der Waals surface area contributed by atoms with Gasteiger partial charge in [-0.05, 0) is 44.9 Å². The van der Waals surface area contributed by atoms with Crippen LogP contribution < -0.4 is 5.32 Å². The molecule has 0 spiro atoms. The summed E-state index contributed by atoms with van der Waals surface area (Å²) in [5.41, 5.74) is 0. The number of unbranched alkanes of at least 4 members (excludes halogenated alkanes) is 30. The SMILES string of the molecule is CCCCCCCC/C=C/CC/C=C/CC/C=C/C(O)C(COC1OC(CO)C(O)C(O)C1O)NC(=O)CCCCCCCCCCCCCCCCCCCCCCCCC. The highest BCUT2D eigenvalue weighted by atomic mass is 16.7. The Balaban J connectivity index is 2.28. The Morgan fingerprint density at radius 2 is 0.919 bits per heavy atom. The monoisotopic (exact) mass is 878 g/mol. The van der Waals surface area contributed by atoms with Gasteiger partial charge in [-0.3, -0.25) is 4.79 Å². The molecule has 1 heterocycles. The van der Waals surface area contributed by atoms with Crippen molar-refractivity contribution in [1.29, 1.82) is 0 Å². The van der Waals surface area contributed by atoms with Gasteiger partial charge in [0.2, 0.25) is 5.91 Å². The summed E-state index contributed by atoms with van der Waals surface area (Å²) in [4.78, 5) is 13.0. The van der Waals surface area contributed by atoms with Crippen LogP contribution in [0, 0.1) is 0 Å². The lowest BCUT2D eigenvalue weighted by Crippen LogP contribution is -2.60. The maximum atomic E-state index is 13.0. The van der Waals surface area contributed by atoms with Crippen molar-refractivity contribution in [2.75, 3.05) is 13.2 Å². The fourth-order valence-electron chi connectivity index (χ4n) is 8.25. The van der Waals surface area contributed by atoms with Gasteiger partial charge in [0, 0.05) is 6.42 Å². The molecule has 9 heteroatoms. The highest BCUT2D eigenvalue weighted by molar-refractivity contribution is 5.76. The van der Waals surface area contributed by atoms with E-state index in [1.165, 1.54) is 167 Å². The van der Waals surface area contributed by atoms with Crippen molar-refractivity contribution in [2.45, 2.75) is 281 Å². The van der Waals surface area contributed by atoms with Gasteiger partial charge in [-0.15, -0.1) is 0 Å². The van der Waals surface area contributed by atoms with Crippen LogP contribution in [0.25, 0.3) is 0 Å². The zero-order valence-electron chi connectivity index (χ0n) is 40.1. The van der Waals surface area contributed by atoms with Crippen molar-refractivity contribution in [3.63, 3.8) is 0 Å². The molecular formula is C53H99NO8. The predicted octanol–water partition coefficient (Wildman–Crippen LogP) is 12.0. The minimum Gasteiger partial charge on any atom is -0.394 e. The van der Waals surface area contributed by atoms with Crippen LogP contribution in [0.15, 0.2) is 36.5 Å². The molecule has 1 rings (SSSR count). The second kappa shape index (κ2) is 43.3. The average Bonchev–Trinajstić information content (AvgIpc) is 3.27. The van der Waals surface area contributed by atoms with Gasteiger partial charge in [0.25, 0.3) is 0 Å². The number of ether oxygens (including phenoxy) is 2. The Morgan fingerprint density at radius 1 is 0.532 bits per heavy atom. The molecule has 0 saturated carbocycles. The predicted molar refractivity (Wildman–Crippen MR) is 258 cm³/mol. The minimum atomic E-state index is -1.57. The molecule has 0 aromatic heterocycles. The molecule has 0 aromatic carbocycles. The van der Waals surface area contributed by atoms with Crippen molar-refractivity contribution in [3.8, 4) is 0 Å². The number of rotatable bonds is 44. The molecule has 9 nitrogen and oxygen atoms in total. The smallest absolute Gasteiger partial charge is 0.220 e. The molecular weight excluding hydrogens is 779 g/mol. The molecule has 0 bridgehead atoms. The van der Waals surface area contributed by atoms with Crippen molar-refractivity contribution in [3.05, 3.63) is 36.5 Å². The lowest BCUT2D eigenvalue weighted by molar-refractivity contribution is -0.302. The standard InChI is InChI=1S/C53H99NO8/c1-3-5-7-9-11-13-15-17-19-21-22-23-24-25-26-27-29-31-33-35-37-39-41-43-49(57)54-46(45-61-53-52(60)51(59)50(58)48(44-55)62-53)47(56)42-40-38-36-34-32-30-28-20-18-16-14-12-10-8-6-4-2/h18,20,32,34,40,42,46-48,50-53,55-56,58-60H,3-17,19,21-31,33,35-39,41,43-45H2,1-2H3,(H,54,57)/b20-18+,34-32+,42-40+. The summed E-state index contributed by atoms with van der Waals surface area (Å²) in [6, 6.07) is -0.825. The highest BCUT2D eigenvalue weighted by Crippen LogP contribution is 2.23. The zero-order chi connectivity index (χ0) is 45.1. The van der Waals surface area contributed by atoms with Gasteiger partial charge in [0.05, 0.1) is 25.4 Å². The third-order valence-electron chi connectivity index (χ3n) is 12.4. The third-order valence-corrected chi connectivity index (χ3v) is 12.4. The van der Waals surface area contributed by atoms with Crippen LogP contribution in [0.5, 0.6) is 0 Å². The largest absolute Gasteiger partial charge is 0.394 e. The molecule has 0 aliphatic carbocycles. The summed E-state index contributed by atoms with van der Waals surface area (Å²) in [5, 5.41) is 54.3. The second-order valence-electron chi connectivity index (χ2n) is 18.3. The maximum absolute atomic E-state index is 13.0. The molecule has 1 fully saturated rings. The fourth-order valence-corrected chi connectivity index (χ4v) is 8.25. The first kappa shape index (κ1) is 58.4. The molecule has 364 valence electrons. The van der Waals surface area contributed by atoms with Crippen LogP contribution in [-0.2, 0) is 14.3 Å². The summed E-state index contributed by atoms with van der Waals surface area (Å²) < 4.78 is 11.2. The van der Waals surface area contributed by atoms with Crippen LogP contribution in [-0.4, -0.2) is 87.5 Å². The van der Waals surface area contributed by atoms with Gasteiger partial charge in [0.15, 0.2) is 6.29 Å². The van der Waals surface area contributed by atoms with E-state index in [0.29, 0.717) is 6.42 Å². The number of hydrogen-bond acceptors (Lipinski definition) is 8. The maximum Gasteiger partial charge on any atom is 0.220 e. The van der Waals surface area contributed by atoms with E-state index in [-0.39, 0.29) is 12.5 Å². The van der Waals surface area contributed by atoms with Crippen LogP contribution in [0.4, 0.5) is 0 Å². The molecule has 6 N–H and O–H groups in total. The van der Waals surface area contributed by atoms with Gasteiger partial charge in [-0.25, -0.2) is 0 Å². The highest BCUT2D eigenvalue weighted by Gasteiger charge is 2.44. The first-order valence-electron chi connectivity index (χ1n) is 26.2. The number of hydrogen-bond donors (Lipinski definition) is 6. The molecule has 0 aromatic rings. The van der Waals surface area contributed by atoms with Crippen LogP contribution in [0.1, 0.15) is 239 Å². The van der Waals surface area contributed by atoms with Crippen molar-refractivity contribution in [1.82, 2.24) is 5.32 Å². The Hall–Kier alpha value is -1.59. The van der Waals surface area contributed by atoms with E-state index in [1.807, 2.05) is 6.08 Å². The summed E-state index contributed by atoms with van der Waals surface area (Å²) in [5.74, 6) is -0.188. The van der Waals surface area contributed by atoms with E-state index in [4.69, 9.17) is 9.47 Å². The molecule has 7 atom stereocenters. The Morgan fingerprint density at radius 3 is 1.35 bits per heavy atom. The number of nitrogens with one attached hydrogen (secondary N) is 1. The molecule has 0 radical (unpaired) electrons.